The molecule has 0 saturated heterocycles. The van der Waals surface area contributed by atoms with Crippen LogP contribution in [0.3, 0.4) is 0 Å². The van der Waals surface area contributed by atoms with Crippen molar-refractivity contribution >= 4 is 22.7 Å². The molecule has 5 heteroatoms. The summed E-state index contributed by atoms with van der Waals surface area (Å²) < 4.78 is 20.1. The third kappa shape index (κ3) is 2.93. The van der Waals surface area contributed by atoms with E-state index in [-0.39, 0.29) is 5.78 Å². The second kappa shape index (κ2) is 6.28. The first-order valence-corrected chi connectivity index (χ1v) is 7.52. The van der Waals surface area contributed by atoms with E-state index >= 15 is 0 Å². The standard InChI is InChI=1S/C19H16FNO3/c1-12(18(22)13-7-9-14(20)10-8-13)24-19(23)16-11-21(2)17-6-4-3-5-15(16)17/h3-12H,1-2H3/t12-/m1/s1. The first-order valence-electron chi connectivity index (χ1n) is 7.52. The number of carbonyl (C=O) groups is 2. The third-order valence-electron chi connectivity index (χ3n) is 3.90. The maximum absolute atomic E-state index is 12.9. The maximum Gasteiger partial charge on any atom is 0.341 e. The van der Waals surface area contributed by atoms with Crippen LogP contribution in [-0.4, -0.2) is 22.4 Å². The van der Waals surface area contributed by atoms with Crippen molar-refractivity contribution in [2.75, 3.05) is 0 Å². The lowest BCUT2D eigenvalue weighted by molar-refractivity contribution is 0.0320. The number of para-hydroxylation sites is 1. The highest BCUT2D eigenvalue weighted by Gasteiger charge is 2.22. The fourth-order valence-corrected chi connectivity index (χ4v) is 2.63. The smallest absolute Gasteiger partial charge is 0.341 e. The topological polar surface area (TPSA) is 48.3 Å². The van der Waals surface area contributed by atoms with Gasteiger partial charge in [-0.2, -0.15) is 0 Å². The van der Waals surface area contributed by atoms with Gasteiger partial charge in [0, 0.05) is 29.7 Å². The number of Topliss-reactive ketones (excluding diaryl/α,β-unsaturated/α-hetero) is 1. The summed E-state index contributed by atoms with van der Waals surface area (Å²) in [5.74, 6) is -1.36. The second-order valence-electron chi connectivity index (χ2n) is 5.59. The number of nitrogens with zero attached hydrogens (tertiary/aromatic N) is 1. The number of fused-ring (bicyclic) bond motifs is 1. The molecule has 4 nitrogen and oxygen atoms in total. The zero-order valence-corrected chi connectivity index (χ0v) is 13.3. The van der Waals surface area contributed by atoms with Crippen LogP contribution in [0, 0.1) is 5.82 Å². The summed E-state index contributed by atoms with van der Waals surface area (Å²) in [6, 6.07) is 12.6. The molecule has 3 rings (SSSR count). The number of carbonyl (C=O) groups excluding carboxylic acids is 2. The Morgan fingerprint density at radius 3 is 2.46 bits per heavy atom. The zero-order chi connectivity index (χ0) is 17.3. The maximum atomic E-state index is 12.9. The Labute approximate surface area is 138 Å². The summed E-state index contributed by atoms with van der Waals surface area (Å²) in [6.45, 7) is 1.51. The summed E-state index contributed by atoms with van der Waals surface area (Å²) in [4.78, 5) is 24.7. The van der Waals surface area contributed by atoms with Crippen molar-refractivity contribution in [3.8, 4) is 0 Å². The number of halogens is 1. The number of aryl methyl sites for hydroxylation is 1. The molecule has 0 aliphatic heterocycles. The Balaban J connectivity index is 1.80. The van der Waals surface area contributed by atoms with Crippen molar-refractivity contribution < 1.29 is 18.7 Å². The minimum atomic E-state index is -0.957. The molecular formula is C19H16FNO3. The molecule has 1 aromatic heterocycles. The molecule has 0 N–H and O–H groups in total. The Bertz CT molecular complexity index is 912. The molecule has 0 fully saturated rings. The highest BCUT2D eigenvalue weighted by atomic mass is 19.1. The van der Waals surface area contributed by atoms with E-state index in [4.69, 9.17) is 4.74 Å². The minimum absolute atomic E-state index is 0.301. The van der Waals surface area contributed by atoms with Crippen LogP contribution in [0.2, 0.25) is 0 Å². The SMILES string of the molecule is C[C@@H](OC(=O)c1cn(C)c2ccccc12)C(=O)c1ccc(F)cc1. The number of hydrogen-bond acceptors (Lipinski definition) is 3. The average Bonchev–Trinajstić information content (AvgIpc) is 2.92. The minimum Gasteiger partial charge on any atom is -0.451 e. The number of esters is 1. The van der Waals surface area contributed by atoms with Crippen LogP contribution in [0.25, 0.3) is 10.9 Å². The van der Waals surface area contributed by atoms with Crippen LogP contribution in [0.1, 0.15) is 27.6 Å². The molecule has 2 aromatic carbocycles. The number of rotatable bonds is 4. The van der Waals surface area contributed by atoms with Crippen molar-refractivity contribution in [1.82, 2.24) is 4.57 Å². The van der Waals surface area contributed by atoms with Gasteiger partial charge in [0.25, 0.3) is 0 Å². The lowest BCUT2D eigenvalue weighted by atomic mass is 10.1. The number of ether oxygens (including phenoxy) is 1. The van der Waals surface area contributed by atoms with E-state index in [1.807, 2.05) is 35.9 Å². The number of hydrogen-bond donors (Lipinski definition) is 0. The van der Waals surface area contributed by atoms with E-state index in [1.165, 1.54) is 31.2 Å². The van der Waals surface area contributed by atoms with Crippen molar-refractivity contribution in [2.45, 2.75) is 13.0 Å². The molecule has 3 aromatic rings. The van der Waals surface area contributed by atoms with E-state index in [0.717, 1.165) is 10.9 Å². The molecule has 0 saturated carbocycles. The van der Waals surface area contributed by atoms with Gasteiger partial charge in [-0.15, -0.1) is 0 Å². The third-order valence-corrected chi connectivity index (χ3v) is 3.90. The highest BCUT2D eigenvalue weighted by Crippen LogP contribution is 2.21. The van der Waals surface area contributed by atoms with Gasteiger partial charge >= 0.3 is 5.97 Å². The summed E-state index contributed by atoms with van der Waals surface area (Å²) in [5, 5.41) is 0.770. The fourth-order valence-electron chi connectivity index (χ4n) is 2.63. The quantitative estimate of drug-likeness (QED) is 0.542. The molecule has 0 spiro atoms. The summed E-state index contributed by atoms with van der Waals surface area (Å²) in [6.07, 6.45) is 0.726. The van der Waals surface area contributed by atoms with Gasteiger partial charge in [0.15, 0.2) is 6.10 Å². The molecule has 0 aliphatic rings. The molecule has 0 aliphatic carbocycles. The molecule has 122 valence electrons. The summed E-state index contributed by atoms with van der Waals surface area (Å²) >= 11 is 0. The number of benzene rings is 2. The van der Waals surface area contributed by atoms with Crippen molar-refractivity contribution in [2.24, 2.45) is 7.05 Å². The molecule has 24 heavy (non-hydrogen) atoms. The van der Waals surface area contributed by atoms with Gasteiger partial charge < -0.3 is 9.30 Å². The van der Waals surface area contributed by atoms with Crippen LogP contribution < -0.4 is 0 Å². The van der Waals surface area contributed by atoms with Crippen molar-refractivity contribution in [3.05, 3.63) is 71.7 Å². The van der Waals surface area contributed by atoms with Crippen LogP contribution in [0.5, 0.6) is 0 Å². The van der Waals surface area contributed by atoms with Crippen molar-refractivity contribution in [3.63, 3.8) is 0 Å². The Morgan fingerprint density at radius 2 is 1.75 bits per heavy atom. The van der Waals surface area contributed by atoms with Gasteiger partial charge in [-0.1, -0.05) is 18.2 Å². The molecule has 1 heterocycles. The van der Waals surface area contributed by atoms with E-state index in [2.05, 4.69) is 0 Å². The molecule has 1 atom stereocenters. The van der Waals surface area contributed by atoms with Gasteiger partial charge in [-0.3, -0.25) is 4.79 Å². The number of ketones is 1. The van der Waals surface area contributed by atoms with E-state index in [9.17, 15) is 14.0 Å². The largest absolute Gasteiger partial charge is 0.451 e. The van der Waals surface area contributed by atoms with Gasteiger partial charge in [-0.25, -0.2) is 9.18 Å². The first kappa shape index (κ1) is 15.9. The zero-order valence-electron chi connectivity index (χ0n) is 13.3. The van der Waals surface area contributed by atoms with Crippen LogP contribution in [0.4, 0.5) is 4.39 Å². The summed E-state index contributed by atoms with van der Waals surface area (Å²) in [5.41, 5.74) is 1.61. The monoisotopic (exact) mass is 325 g/mol. The summed E-state index contributed by atoms with van der Waals surface area (Å²) in [7, 11) is 1.84. The lowest BCUT2D eigenvalue weighted by Crippen LogP contribution is -2.24. The normalized spacial score (nSPS) is 12.1. The van der Waals surface area contributed by atoms with E-state index < -0.39 is 17.9 Å². The predicted molar refractivity (Wildman–Crippen MR) is 88.5 cm³/mol. The van der Waals surface area contributed by atoms with Crippen LogP contribution >= 0.6 is 0 Å². The van der Waals surface area contributed by atoms with Crippen LogP contribution in [-0.2, 0) is 11.8 Å². The Hall–Kier alpha value is -2.95. The number of aromatic nitrogens is 1. The van der Waals surface area contributed by atoms with Gasteiger partial charge in [-0.05, 0) is 37.3 Å². The van der Waals surface area contributed by atoms with Crippen LogP contribution in [0.15, 0.2) is 54.7 Å². The van der Waals surface area contributed by atoms with E-state index in [1.54, 1.807) is 6.20 Å². The molecule has 0 unspecified atom stereocenters. The Morgan fingerprint density at radius 1 is 1.08 bits per heavy atom. The molecule has 0 amide bonds. The van der Waals surface area contributed by atoms with Gasteiger partial charge in [0.2, 0.25) is 5.78 Å². The molecule has 0 bridgehead atoms. The lowest BCUT2D eigenvalue weighted by Gasteiger charge is -2.12. The molecular weight excluding hydrogens is 309 g/mol. The second-order valence-corrected chi connectivity index (χ2v) is 5.59. The average molecular weight is 325 g/mol. The Kier molecular flexibility index (Phi) is 4.16. The fraction of sp³-hybridized carbons (Fsp3) is 0.158. The van der Waals surface area contributed by atoms with Crippen molar-refractivity contribution in [1.29, 1.82) is 0 Å². The molecule has 0 radical (unpaired) electrons. The van der Waals surface area contributed by atoms with E-state index in [0.29, 0.717) is 11.1 Å². The predicted octanol–water partition coefficient (Wildman–Crippen LogP) is 3.75. The first-order chi connectivity index (χ1) is 11.5. The van der Waals surface area contributed by atoms with Gasteiger partial charge in [0.05, 0.1) is 5.56 Å². The van der Waals surface area contributed by atoms with Gasteiger partial charge in [0.1, 0.15) is 5.82 Å². The highest BCUT2D eigenvalue weighted by molar-refractivity contribution is 6.06.